The molecule has 0 spiro atoms. The van der Waals surface area contributed by atoms with E-state index in [1.54, 1.807) is 48.5 Å². The number of thiazole rings is 1. The molecule has 3 aromatic carbocycles. The zero-order valence-electron chi connectivity index (χ0n) is 20.1. The Morgan fingerprint density at radius 2 is 1.67 bits per heavy atom. The molecule has 1 saturated heterocycles. The molecule has 0 aliphatic carbocycles. The van der Waals surface area contributed by atoms with Gasteiger partial charge in [0.05, 0.1) is 16.6 Å². The van der Waals surface area contributed by atoms with Crippen molar-refractivity contribution in [3.8, 4) is 5.75 Å². The third-order valence-corrected chi connectivity index (χ3v) is 9.51. The summed E-state index contributed by atoms with van der Waals surface area (Å²) in [6.45, 7) is -0.169. The van der Waals surface area contributed by atoms with Crippen molar-refractivity contribution in [1.29, 1.82) is 0 Å². The molecule has 8 nitrogen and oxygen atoms in total. The lowest BCUT2D eigenvalue weighted by Crippen LogP contribution is -2.32. The molecule has 2 N–H and O–H groups in total. The molecule has 4 aromatic rings. The van der Waals surface area contributed by atoms with Gasteiger partial charge >= 0.3 is 4.87 Å². The highest BCUT2D eigenvalue weighted by molar-refractivity contribution is 9.10. The summed E-state index contributed by atoms with van der Waals surface area (Å²) in [5.74, 6) is -1.56. The van der Waals surface area contributed by atoms with Gasteiger partial charge in [0.1, 0.15) is 11.0 Å². The Morgan fingerprint density at radius 3 is 2.38 bits per heavy atom. The van der Waals surface area contributed by atoms with Gasteiger partial charge in [-0.2, -0.15) is 0 Å². The van der Waals surface area contributed by atoms with Crippen LogP contribution in [0.5, 0.6) is 5.75 Å². The summed E-state index contributed by atoms with van der Waals surface area (Å²) in [5.41, 5.74) is 1.97. The zero-order chi connectivity index (χ0) is 27.1. The number of nitrogens with one attached hydrogen (secondary N) is 2. The Kier molecular flexibility index (Phi) is 6.88. The maximum absolute atomic E-state index is 13.8. The van der Waals surface area contributed by atoms with Crippen molar-refractivity contribution in [2.45, 2.75) is 16.2 Å². The Morgan fingerprint density at radius 1 is 0.949 bits per heavy atom. The van der Waals surface area contributed by atoms with Crippen molar-refractivity contribution >= 4 is 68.1 Å². The lowest BCUT2D eigenvalue weighted by molar-refractivity contribution is -0.122. The fraction of sp³-hybridized carbons (Fsp3) is 0.143. The van der Waals surface area contributed by atoms with Crippen molar-refractivity contribution in [2.75, 3.05) is 16.8 Å². The number of hydrogen-bond donors (Lipinski definition) is 2. The molecule has 2 unspecified atom stereocenters. The Labute approximate surface area is 239 Å². The number of fused-ring (bicyclic) bond motifs is 2. The number of hydrogen-bond acceptors (Lipinski definition) is 7. The number of carbonyl (C=O) groups is 3. The molecular formula is C28H20BrN3O5S2. The first-order chi connectivity index (χ1) is 18.9. The van der Waals surface area contributed by atoms with Crippen LogP contribution >= 0.6 is 39.0 Å². The molecule has 0 saturated carbocycles. The molecule has 2 aliphatic heterocycles. The maximum Gasteiger partial charge on any atom is 0.305 e. The summed E-state index contributed by atoms with van der Waals surface area (Å²) in [4.78, 5) is 56.4. The van der Waals surface area contributed by atoms with E-state index >= 15 is 0 Å². The predicted molar refractivity (Wildman–Crippen MR) is 154 cm³/mol. The standard InChI is InChI=1S/C28H20BrN3O5S2/c29-16-8-10-18(11-9-16)32-26(34)22-21(23-25(31-28(36)39-23)38-24(22)27(32)35)15-6-12-19(13-7-15)37-14-20(33)30-17-4-2-1-3-5-17/h1-13,21-22,24H,14H2,(H,30,33)(H,31,36)/t21-,22?,24?/m1/s1. The molecule has 6 rings (SSSR count). The number of ether oxygens (including phenoxy) is 1. The lowest BCUT2D eigenvalue weighted by atomic mass is 9.83. The summed E-state index contributed by atoms with van der Waals surface area (Å²) in [6.07, 6.45) is 0. The zero-order valence-corrected chi connectivity index (χ0v) is 23.3. The van der Waals surface area contributed by atoms with Gasteiger partial charge in [0.15, 0.2) is 6.61 Å². The van der Waals surface area contributed by atoms with Gasteiger partial charge in [-0.25, -0.2) is 4.90 Å². The van der Waals surface area contributed by atoms with Crippen LogP contribution in [-0.4, -0.2) is 34.6 Å². The van der Waals surface area contributed by atoms with E-state index in [0.717, 1.165) is 26.3 Å². The predicted octanol–water partition coefficient (Wildman–Crippen LogP) is 5.01. The topological polar surface area (TPSA) is 109 Å². The van der Waals surface area contributed by atoms with E-state index in [-0.39, 0.29) is 29.2 Å². The van der Waals surface area contributed by atoms with E-state index in [0.29, 0.717) is 22.2 Å². The first-order valence-electron chi connectivity index (χ1n) is 12.0. The van der Waals surface area contributed by atoms with Gasteiger partial charge in [-0.15, -0.1) is 0 Å². The highest BCUT2D eigenvalue weighted by Crippen LogP contribution is 2.53. The van der Waals surface area contributed by atoms with E-state index in [4.69, 9.17) is 4.74 Å². The fourth-order valence-corrected chi connectivity index (χ4v) is 7.64. The van der Waals surface area contributed by atoms with Gasteiger partial charge in [-0.05, 0) is 54.1 Å². The minimum Gasteiger partial charge on any atom is -0.484 e. The van der Waals surface area contributed by atoms with Crippen LogP contribution in [-0.2, 0) is 14.4 Å². The number of rotatable bonds is 6. The summed E-state index contributed by atoms with van der Waals surface area (Å²) in [7, 11) is 0. The molecule has 3 amide bonds. The molecule has 11 heteroatoms. The first-order valence-corrected chi connectivity index (χ1v) is 14.5. The molecule has 196 valence electrons. The summed E-state index contributed by atoms with van der Waals surface area (Å²) in [5, 5.41) is 2.72. The summed E-state index contributed by atoms with van der Waals surface area (Å²) in [6, 6.07) is 23.2. The van der Waals surface area contributed by atoms with E-state index in [2.05, 4.69) is 26.2 Å². The van der Waals surface area contributed by atoms with Gasteiger partial charge in [-0.3, -0.25) is 19.2 Å². The summed E-state index contributed by atoms with van der Waals surface area (Å²) >= 11 is 5.69. The number of carbonyl (C=O) groups excluding carboxylic acids is 3. The van der Waals surface area contributed by atoms with E-state index in [1.807, 2.05) is 30.3 Å². The van der Waals surface area contributed by atoms with E-state index < -0.39 is 17.1 Å². The third-order valence-electron chi connectivity index (χ3n) is 6.58. The molecule has 3 atom stereocenters. The number of anilines is 2. The van der Waals surface area contributed by atoms with Crippen LogP contribution in [0.1, 0.15) is 16.4 Å². The van der Waals surface area contributed by atoms with E-state index in [9.17, 15) is 19.2 Å². The van der Waals surface area contributed by atoms with Gasteiger partial charge in [0.2, 0.25) is 11.8 Å². The minimum atomic E-state index is -0.673. The highest BCUT2D eigenvalue weighted by atomic mass is 79.9. The Balaban J connectivity index is 1.25. The molecular weight excluding hydrogens is 602 g/mol. The molecule has 1 aromatic heterocycles. The van der Waals surface area contributed by atoms with Gasteiger partial charge in [-0.1, -0.05) is 69.4 Å². The monoisotopic (exact) mass is 621 g/mol. The van der Waals surface area contributed by atoms with Gasteiger partial charge in [0, 0.05) is 21.0 Å². The highest BCUT2D eigenvalue weighted by Gasteiger charge is 2.56. The van der Waals surface area contributed by atoms with Crippen molar-refractivity contribution in [3.05, 3.63) is 103 Å². The van der Waals surface area contributed by atoms with Crippen LogP contribution in [0.4, 0.5) is 11.4 Å². The second-order valence-electron chi connectivity index (χ2n) is 9.01. The number of benzene rings is 3. The van der Waals surface area contributed by atoms with Crippen molar-refractivity contribution < 1.29 is 19.1 Å². The normalized spacial score (nSPS) is 19.9. The Hall–Kier alpha value is -3.67. The average Bonchev–Trinajstić information content (AvgIpc) is 3.43. The summed E-state index contributed by atoms with van der Waals surface area (Å²) < 4.78 is 6.50. The average molecular weight is 623 g/mol. The molecule has 2 aliphatic rings. The van der Waals surface area contributed by atoms with Crippen LogP contribution in [0.2, 0.25) is 0 Å². The number of aromatic nitrogens is 1. The number of para-hydroxylation sites is 1. The van der Waals surface area contributed by atoms with Crippen molar-refractivity contribution in [1.82, 2.24) is 4.98 Å². The third kappa shape index (κ3) is 4.93. The quantitative estimate of drug-likeness (QED) is 0.293. The van der Waals surface area contributed by atoms with Crippen LogP contribution in [0.3, 0.4) is 0 Å². The number of thioether (sulfide) groups is 1. The number of aromatic amines is 1. The molecule has 1 fully saturated rings. The van der Waals surface area contributed by atoms with Gasteiger partial charge < -0.3 is 15.0 Å². The maximum atomic E-state index is 13.8. The molecule has 0 bridgehead atoms. The van der Waals surface area contributed by atoms with Gasteiger partial charge in [0.25, 0.3) is 5.91 Å². The number of H-pyrrole nitrogens is 1. The SMILES string of the molecule is O=C(COc1ccc([C@H]2c3sc(=O)[nH]c3SC3C(=O)N(c4ccc(Br)cc4)C(=O)C32)cc1)Nc1ccccc1. The smallest absolute Gasteiger partial charge is 0.305 e. The number of imide groups is 1. The van der Waals surface area contributed by atoms with Crippen LogP contribution in [0.25, 0.3) is 0 Å². The first kappa shape index (κ1) is 25.6. The van der Waals surface area contributed by atoms with E-state index in [1.165, 1.54) is 16.7 Å². The number of halogens is 1. The Bertz CT molecular complexity index is 1620. The fourth-order valence-electron chi connectivity index (χ4n) is 4.86. The van der Waals surface area contributed by atoms with Crippen LogP contribution < -0.4 is 19.8 Å². The minimum absolute atomic E-state index is 0.169. The lowest BCUT2D eigenvalue weighted by Gasteiger charge is -2.29. The molecule has 39 heavy (non-hydrogen) atoms. The number of amides is 3. The molecule has 3 heterocycles. The second-order valence-corrected chi connectivity index (χ2v) is 12.1. The second kappa shape index (κ2) is 10.5. The largest absolute Gasteiger partial charge is 0.484 e. The van der Waals surface area contributed by atoms with Crippen LogP contribution in [0.15, 0.2) is 93.2 Å². The molecule has 0 radical (unpaired) electrons. The van der Waals surface area contributed by atoms with Crippen molar-refractivity contribution in [2.24, 2.45) is 5.92 Å². The number of nitrogens with zero attached hydrogens (tertiary/aromatic N) is 1. The van der Waals surface area contributed by atoms with Crippen LogP contribution in [0, 0.1) is 5.92 Å². The van der Waals surface area contributed by atoms with Crippen molar-refractivity contribution in [3.63, 3.8) is 0 Å².